The molecule has 0 heterocycles. The maximum Gasteiger partial charge on any atom is 0.107 e. The van der Waals surface area contributed by atoms with Gasteiger partial charge in [-0.1, -0.05) is 39.0 Å². The van der Waals surface area contributed by atoms with Crippen molar-refractivity contribution in [1.29, 1.82) is 0 Å². The van der Waals surface area contributed by atoms with Gasteiger partial charge in [0.05, 0.1) is 12.2 Å². The molecule has 0 spiro atoms. The van der Waals surface area contributed by atoms with Gasteiger partial charge in [-0.25, -0.2) is 0 Å². The average molecular weight is 245 g/mol. The predicted octanol–water partition coefficient (Wildman–Crippen LogP) is 0.777. The second-order valence-electron chi connectivity index (χ2n) is 5.36. The third-order valence-corrected chi connectivity index (χ3v) is 3.93. The van der Waals surface area contributed by atoms with E-state index in [1.807, 2.05) is 0 Å². The second kappa shape index (κ2) is 7.31. The molecule has 0 aromatic heterocycles. The molecule has 0 aromatic carbocycles. The van der Waals surface area contributed by atoms with Crippen LogP contribution >= 0.6 is 0 Å². The van der Waals surface area contributed by atoms with Crippen LogP contribution in [0.5, 0.6) is 0 Å². The Hall–Kier alpha value is -0.160. The highest BCUT2D eigenvalue weighted by molar-refractivity contribution is 4.85. The fourth-order valence-electron chi connectivity index (χ4n) is 2.67. The lowest BCUT2D eigenvalue weighted by molar-refractivity contribution is -0.0709. The highest BCUT2D eigenvalue weighted by Crippen LogP contribution is 2.28. The van der Waals surface area contributed by atoms with Gasteiger partial charge in [0.1, 0.15) is 6.10 Å². The van der Waals surface area contributed by atoms with Crippen molar-refractivity contribution >= 4 is 0 Å². The molecule has 1 rings (SSSR count). The maximum absolute atomic E-state index is 9.88. The monoisotopic (exact) mass is 245 g/mol. The normalized spacial score (nSPS) is 25.2. The summed E-state index contributed by atoms with van der Waals surface area (Å²) in [5.74, 6) is 0.569. The third kappa shape index (κ3) is 4.54. The molecule has 4 unspecified atom stereocenters. The van der Waals surface area contributed by atoms with Crippen LogP contribution in [0.15, 0.2) is 0 Å². The number of nitrogens with two attached hydrogens (primary N) is 1. The fourth-order valence-corrected chi connectivity index (χ4v) is 2.67. The van der Waals surface area contributed by atoms with Crippen molar-refractivity contribution < 1.29 is 15.3 Å². The minimum Gasteiger partial charge on any atom is -0.390 e. The van der Waals surface area contributed by atoms with Crippen LogP contribution in [0, 0.1) is 5.92 Å². The van der Waals surface area contributed by atoms with Crippen LogP contribution in [0.25, 0.3) is 0 Å². The van der Waals surface area contributed by atoms with E-state index in [0.717, 1.165) is 6.42 Å². The maximum atomic E-state index is 9.88. The van der Waals surface area contributed by atoms with Gasteiger partial charge in [-0.2, -0.15) is 0 Å². The molecule has 0 aliphatic heterocycles. The van der Waals surface area contributed by atoms with E-state index < -0.39 is 24.4 Å². The molecule has 1 saturated carbocycles. The summed E-state index contributed by atoms with van der Waals surface area (Å²) >= 11 is 0. The number of hydrogen-bond donors (Lipinski definition) is 4. The quantitative estimate of drug-likeness (QED) is 0.557. The van der Waals surface area contributed by atoms with Crippen molar-refractivity contribution in [3.63, 3.8) is 0 Å². The second-order valence-corrected chi connectivity index (χ2v) is 5.36. The van der Waals surface area contributed by atoms with Crippen molar-refractivity contribution in [3.05, 3.63) is 0 Å². The molecule has 1 aliphatic carbocycles. The third-order valence-electron chi connectivity index (χ3n) is 3.93. The Bertz CT molecular complexity index is 207. The Morgan fingerprint density at radius 2 is 1.65 bits per heavy atom. The summed E-state index contributed by atoms with van der Waals surface area (Å²) < 4.78 is 0. The molecule has 4 heteroatoms. The minimum absolute atomic E-state index is 0.425. The first-order valence-corrected chi connectivity index (χ1v) is 6.86. The standard InChI is InChI=1S/C13H27NO3/c1-2-11(15)13(17)12(16)10(14)8-9-6-4-3-5-7-9/h9-13,15-17H,2-8,14H2,1H3. The number of rotatable bonds is 6. The van der Waals surface area contributed by atoms with Gasteiger partial charge in [0.2, 0.25) is 0 Å². The van der Waals surface area contributed by atoms with Crippen molar-refractivity contribution in [2.45, 2.75) is 76.2 Å². The van der Waals surface area contributed by atoms with E-state index in [0.29, 0.717) is 12.3 Å². The first kappa shape index (κ1) is 14.9. The zero-order valence-electron chi connectivity index (χ0n) is 10.8. The van der Waals surface area contributed by atoms with Gasteiger partial charge in [-0.15, -0.1) is 0 Å². The number of aliphatic hydroxyl groups is 3. The first-order valence-electron chi connectivity index (χ1n) is 6.86. The molecule has 0 bridgehead atoms. The van der Waals surface area contributed by atoms with Gasteiger partial charge >= 0.3 is 0 Å². The van der Waals surface area contributed by atoms with Gasteiger partial charge in [-0.05, 0) is 18.8 Å². The van der Waals surface area contributed by atoms with E-state index in [1.165, 1.54) is 32.1 Å². The average Bonchev–Trinajstić information content (AvgIpc) is 2.37. The largest absolute Gasteiger partial charge is 0.390 e. The molecule has 0 aromatic rings. The van der Waals surface area contributed by atoms with Crippen LogP contribution in [0.4, 0.5) is 0 Å². The van der Waals surface area contributed by atoms with Crippen LogP contribution in [0.1, 0.15) is 51.9 Å². The predicted molar refractivity (Wildman–Crippen MR) is 67.5 cm³/mol. The highest BCUT2D eigenvalue weighted by atomic mass is 16.4. The van der Waals surface area contributed by atoms with Crippen LogP contribution in [-0.4, -0.2) is 39.7 Å². The summed E-state index contributed by atoms with van der Waals surface area (Å²) in [6.45, 7) is 1.77. The van der Waals surface area contributed by atoms with E-state index in [2.05, 4.69) is 0 Å². The van der Waals surface area contributed by atoms with E-state index in [-0.39, 0.29) is 0 Å². The molecule has 4 atom stereocenters. The SMILES string of the molecule is CCC(O)C(O)C(O)C(N)CC1CCCCC1. The molecular formula is C13H27NO3. The molecule has 0 amide bonds. The molecule has 4 nitrogen and oxygen atoms in total. The smallest absolute Gasteiger partial charge is 0.107 e. The van der Waals surface area contributed by atoms with Crippen LogP contribution in [0.2, 0.25) is 0 Å². The summed E-state index contributed by atoms with van der Waals surface area (Å²) in [6, 6.07) is -0.436. The molecule has 1 fully saturated rings. The Balaban J connectivity index is 2.37. The Morgan fingerprint density at radius 3 is 2.18 bits per heavy atom. The zero-order valence-corrected chi connectivity index (χ0v) is 10.8. The van der Waals surface area contributed by atoms with Gasteiger partial charge < -0.3 is 21.1 Å². The molecule has 17 heavy (non-hydrogen) atoms. The number of hydrogen-bond acceptors (Lipinski definition) is 4. The Labute approximate surface area is 104 Å². The summed E-state index contributed by atoms with van der Waals surface area (Å²) in [6.07, 6.45) is 4.27. The zero-order chi connectivity index (χ0) is 12.8. The summed E-state index contributed by atoms with van der Waals surface area (Å²) in [7, 11) is 0. The first-order chi connectivity index (χ1) is 8.06. The summed E-state index contributed by atoms with van der Waals surface area (Å²) in [4.78, 5) is 0. The Morgan fingerprint density at radius 1 is 1.06 bits per heavy atom. The highest BCUT2D eigenvalue weighted by Gasteiger charge is 2.30. The van der Waals surface area contributed by atoms with Crippen molar-refractivity contribution in [2.75, 3.05) is 0 Å². The van der Waals surface area contributed by atoms with E-state index >= 15 is 0 Å². The van der Waals surface area contributed by atoms with Crippen molar-refractivity contribution in [2.24, 2.45) is 11.7 Å². The van der Waals surface area contributed by atoms with Crippen LogP contribution in [-0.2, 0) is 0 Å². The lowest BCUT2D eigenvalue weighted by Gasteiger charge is -2.30. The van der Waals surface area contributed by atoms with E-state index in [1.54, 1.807) is 6.92 Å². The topological polar surface area (TPSA) is 86.7 Å². The molecular weight excluding hydrogens is 218 g/mol. The molecule has 0 saturated heterocycles. The van der Waals surface area contributed by atoms with Crippen molar-refractivity contribution in [3.8, 4) is 0 Å². The lowest BCUT2D eigenvalue weighted by Crippen LogP contribution is -2.48. The molecule has 102 valence electrons. The summed E-state index contributed by atoms with van der Waals surface area (Å²) in [5, 5.41) is 29.1. The van der Waals surface area contributed by atoms with Gasteiger partial charge in [0.15, 0.2) is 0 Å². The molecule has 5 N–H and O–H groups in total. The van der Waals surface area contributed by atoms with Gasteiger partial charge in [0, 0.05) is 6.04 Å². The van der Waals surface area contributed by atoms with E-state index in [9.17, 15) is 15.3 Å². The molecule has 1 aliphatic rings. The summed E-state index contributed by atoms with van der Waals surface area (Å²) in [5.41, 5.74) is 5.92. The lowest BCUT2D eigenvalue weighted by atomic mass is 9.83. The van der Waals surface area contributed by atoms with E-state index in [4.69, 9.17) is 5.73 Å². The van der Waals surface area contributed by atoms with Crippen LogP contribution < -0.4 is 5.73 Å². The van der Waals surface area contributed by atoms with Gasteiger partial charge in [0.25, 0.3) is 0 Å². The van der Waals surface area contributed by atoms with Crippen molar-refractivity contribution in [1.82, 2.24) is 0 Å². The van der Waals surface area contributed by atoms with Crippen LogP contribution in [0.3, 0.4) is 0 Å². The molecule has 0 radical (unpaired) electrons. The minimum atomic E-state index is -1.13. The fraction of sp³-hybridized carbons (Fsp3) is 1.00. The Kier molecular flexibility index (Phi) is 6.41. The van der Waals surface area contributed by atoms with Gasteiger partial charge in [-0.3, -0.25) is 0 Å². The number of aliphatic hydroxyl groups excluding tert-OH is 3.